The van der Waals surface area contributed by atoms with Gasteiger partial charge in [-0.15, -0.1) is 0 Å². The van der Waals surface area contributed by atoms with Gasteiger partial charge in [-0.2, -0.15) is 0 Å². The molecular weight excluding hydrogens is 214 g/mol. The first-order valence-electron chi connectivity index (χ1n) is 5.73. The highest BCUT2D eigenvalue weighted by atomic mass is 16.3. The van der Waals surface area contributed by atoms with Crippen LogP contribution in [0.3, 0.4) is 0 Å². The highest BCUT2D eigenvalue weighted by Gasteiger charge is 2.10. The molecule has 90 valence electrons. The van der Waals surface area contributed by atoms with Crippen molar-refractivity contribution < 1.29 is 5.11 Å². The molecule has 2 heterocycles. The maximum absolute atomic E-state index is 10.0. The van der Waals surface area contributed by atoms with E-state index in [9.17, 15) is 5.11 Å². The molecule has 2 aromatic rings. The number of nitrogens with zero attached hydrogens (tertiary/aromatic N) is 3. The lowest BCUT2D eigenvalue weighted by atomic mass is 10.1. The van der Waals surface area contributed by atoms with E-state index in [1.165, 1.54) is 0 Å². The lowest BCUT2D eigenvalue weighted by molar-refractivity contribution is 0.162. The van der Waals surface area contributed by atoms with Gasteiger partial charge in [0.05, 0.1) is 11.8 Å². The van der Waals surface area contributed by atoms with Crippen LogP contribution in [0.15, 0.2) is 30.7 Å². The quantitative estimate of drug-likeness (QED) is 0.872. The molecule has 0 aliphatic carbocycles. The van der Waals surface area contributed by atoms with Crippen molar-refractivity contribution in [2.45, 2.75) is 25.9 Å². The van der Waals surface area contributed by atoms with Crippen LogP contribution in [0.25, 0.3) is 0 Å². The van der Waals surface area contributed by atoms with Crippen LogP contribution in [0.2, 0.25) is 0 Å². The number of aromatic nitrogens is 3. The lowest BCUT2D eigenvalue weighted by Gasteiger charge is -2.10. The summed E-state index contributed by atoms with van der Waals surface area (Å²) >= 11 is 0. The highest BCUT2D eigenvalue weighted by molar-refractivity contribution is 5.16. The van der Waals surface area contributed by atoms with Gasteiger partial charge < -0.3 is 9.67 Å². The minimum atomic E-state index is -0.522. The van der Waals surface area contributed by atoms with Gasteiger partial charge in [-0.25, -0.2) is 4.98 Å². The molecule has 1 atom stereocenters. The third kappa shape index (κ3) is 2.91. The molecule has 0 aliphatic rings. The largest absolute Gasteiger partial charge is 0.387 e. The molecule has 1 N–H and O–H groups in total. The van der Waals surface area contributed by atoms with Gasteiger partial charge in [0.2, 0.25) is 0 Å². The maximum atomic E-state index is 10.0. The third-order valence-corrected chi connectivity index (χ3v) is 2.84. The van der Waals surface area contributed by atoms with Crippen molar-refractivity contribution in [1.29, 1.82) is 0 Å². The Labute approximate surface area is 101 Å². The summed E-state index contributed by atoms with van der Waals surface area (Å²) in [5, 5.41) is 10.0. The fourth-order valence-corrected chi connectivity index (χ4v) is 1.79. The third-order valence-electron chi connectivity index (χ3n) is 2.84. The van der Waals surface area contributed by atoms with Crippen LogP contribution in [-0.2, 0) is 13.5 Å². The molecule has 0 fully saturated rings. The van der Waals surface area contributed by atoms with Crippen molar-refractivity contribution in [2.75, 3.05) is 0 Å². The zero-order valence-corrected chi connectivity index (χ0v) is 10.2. The highest BCUT2D eigenvalue weighted by Crippen LogP contribution is 2.17. The zero-order valence-electron chi connectivity index (χ0n) is 10.2. The molecule has 0 saturated carbocycles. The van der Waals surface area contributed by atoms with Gasteiger partial charge in [-0.1, -0.05) is 0 Å². The molecule has 0 aliphatic heterocycles. The second-order valence-corrected chi connectivity index (χ2v) is 4.27. The van der Waals surface area contributed by atoms with Crippen molar-refractivity contribution in [2.24, 2.45) is 7.05 Å². The van der Waals surface area contributed by atoms with Crippen LogP contribution in [0.5, 0.6) is 0 Å². The molecule has 4 heteroatoms. The predicted octanol–water partition coefficient (Wildman–Crippen LogP) is 1.79. The summed E-state index contributed by atoms with van der Waals surface area (Å²) in [5.74, 6) is 0.983. The minimum Gasteiger partial charge on any atom is -0.387 e. The number of pyridine rings is 1. The van der Waals surface area contributed by atoms with Gasteiger partial charge in [0, 0.05) is 32.1 Å². The second kappa shape index (κ2) is 5.10. The molecule has 2 aromatic heterocycles. The Bertz CT molecular complexity index is 493. The van der Waals surface area contributed by atoms with E-state index < -0.39 is 6.10 Å². The van der Waals surface area contributed by atoms with Crippen LogP contribution in [0, 0.1) is 6.92 Å². The van der Waals surface area contributed by atoms with Crippen molar-refractivity contribution >= 4 is 0 Å². The van der Waals surface area contributed by atoms with E-state index in [-0.39, 0.29) is 0 Å². The van der Waals surface area contributed by atoms with E-state index in [0.29, 0.717) is 6.42 Å². The Morgan fingerprint density at radius 2 is 2.18 bits per heavy atom. The SMILES string of the molecule is Cc1ccnc(C(O)CCc2nccn2C)c1. The number of imidazole rings is 1. The Kier molecular flexibility index (Phi) is 3.54. The molecule has 0 aromatic carbocycles. The average molecular weight is 231 g/mol. The number of hydrogen-bond acceptors (Lipinski definition) is 3. The molecule has 2 rings (SSSR count). The summed E-state index contributed by atoms with van der Waals surface area (Å²) in [6, 6.07) is 3.85. The van der Waals surface area contributed by atoms with Gasteiger partial charge in [0.15, 0.2) is 0 Å². The molecule has 0 bridgehead atoms. The van der Waals surface area contributed by atoms with E-state index in [0.717, 1.165) is 23.5 Å². The molecule has 1 unspecified atom stereocenters. The predicted molar refractivity (Wildman–Crippen MR) is 65.5 cm³/mol. The Balaban J connectivity index is 1.98. The zero-order chi connectivity index (χ0) is 12.3. The van der Waals surface area contributed by atoms with Gasteiger partial charge in [0.25, 0.3) is 0 Å². The van der Waals surface area contributed by atoms with Crippen molar-refractivity contribution in [3.05, 3.63) is 47.8 Å². The smallest absolute Gasteiger partial charge is 0.108 e. The molecule has 0 radical (unpaired) electrons. The van der Waals surface area contributed by atoms with Crippen LogP contribution < -0.4 is 0 Å². The van der Waals surface area contributed by atoms with Crippen molar-refractivity contribution in [3.63, 3.8) is 0 Å². The molecule has 0 amide bonds. The minimum absolute atomic E-state index is 0.522. The summed E-state index contributed by atoms with van der Waals surface area (Å²) < 4.78 is 1.97. The molecular formula is C13H17N3O. The van der Waals surface area contributed by atoms with Gasteiger partial charge in [-0.3, -0.25) is 4.98 Å². The fourth-order valence-electron chi connectivity index (χ4n) is 1.79. The van der Waals surface area contributed by atoms with E-state index >= 15 is 0 Å². The summed E-state index contributed by atoms with van der Waals surface area (Å²) in [6.45, 7) is 2.00. The molecule has 4 nitrogen and oxygen atoms in total. The number of aliphatic hydroxyl groups is 1. The first kappa shape index (κ1) is 11.8. The van der Waals surface area contributed by atoms with Crippen LogP contribution in [0.1, 0.15) is 29.6 Å². The Morgan fingerprint density at radius 3 is 2.82 bits per heavy atom. The monoisotopic (exact) mass is 231 g/mol. The van der Waals surface area contributed by atoms with Crippen molar-refractivity contribution in [1.82, 2.24) is 14.5 Å². The molecule has 0 spiro atoms. The first-order valence-corrected chi connectivity index (χ1v) is 5.73. The first-order chi connectivity index (χ1) is 8.16. The second-order valence-electron chi connectivity index (χ2n) is 4.27. The van der Waals surface area contributed by atoms with Crippen LogP contribution >= 0.6 is 0 Å². The number of hydrogen-bond donors (Lipinski definition) is 1. The van der Waals surface area contributed by atoms with Crippen molar-refractivity contribution in [3.8, 4) is 0 Å². The number of aryl methyl sites for hydroxylation is 3. The standard InChI is InChI=1S/C13H17N3O/c1-10-5-6-14-11(9-10)12(17)3-4-13-15-7-8-16(13)2/h5-9,12,17H,3-4H2,1-2H3. The van der Waals surface area contributed by atoms with Crippen LogP contribution in [0.4, 0.5) is 0 Å². The maximum Gasteiger partial charge on any atom is 0.108 e. The van der Waals surface area contributed by atoms with E-state index in [1.807, 2.05) is 36.9 Å². The number of aliphatic hydroxyl groups excluding tert-OH is 1. The normalized spacial score (nSPS) is 12.6. The van der Waals surface area contributed by atoms with E-state index in [4.69, 9.17) is 0 Å². The van der Waals surface area contributed by atoms with Crippen LogP contribution in [-0.4, -0.2) is 19.6 Å². The summed E-state index contributed by atoms with van der Waals surface area (Å²) in [5.41, 5.74) is 1.85. The Morgan fingerprint density at radius 1 is 1.35 bits per heavy atom. The van der Waals surface area contributed by atoms with E-state index in [2.05, 4.69) is 9.97 Å². The van der Waals surface area contributed by atoms with Gasteiger partial charge >= 0.3 is 0 Å². The molecule has 17 heavy (non-hydrogen) atoms. The fraction of sp³-hybridized carbons (Fsp3) is 0.385. The lowest BCUT2D eigenvalue weighted by Crippen LogP contribution is -2.05. The summed E-state index contributed by atoms with van der Waals surface area (Å²) in [7, 11) is 1.96. The van der Waals surface area contributed by atoms with Gasteiger partial charge in [-0.05, 0) is 31.0 Å². The average Bonchev–Trinajstić information content (AvgIpc) is 2.72. The van der Waals surface area contributed by atoms with Gasteiger partial charge in [0.1, 0.15) is 5.82 Å². The van der Waals surface area contributed by atoms with E-state index in [1.54, 1.807) is 12.4 Å². The number of rotatable bonds is 4. The Hall–Kier alpha value is -1.68. The topological polar surface area (TPSA) is 50.9 Å². The summed E-state index contributed by atoms with van der Waals surface area (Å²) in [6.07, 6.45) is 6.28. The molecule has 0 saturated heterocycles. The summed E-state index contributed by atoms with van der Waals surface area (Å²) in [4.78, 5) is 8.42.